The highest BCUT2D eigenvalue weighted by Crippen LogP contribution is 2.53. The predicted octanol–water partition coefficient (Wildman–Crippen LogP) is 3.81. The van der Waals surface area contributed by atoms with Crippen LogP contribution in [0.3, 0.4) is 0 Å². The van der Waals surface area contributed by atoms with E-state index in [1.807, 2.05) is 40.3 Å². The van der Waals surface area contributed by atoms with Crippen LogP contribution in [0.25, 0.3) is 10.9 Å². The predicted molar refractivity (Wildman–Crippen MR) is 109 cm³/mol. The van der Waals surface area contributed by atoms with Crippen molar-refractivity contribution in [3.8, 4) is 0 Å². The number of H-pyrrole nitrogens is 1. The maximum Gasteiger partial charge on any atom is 0.253 e. The van der Waals surface area contributed by atoms with Gasteiger partial charge in [-0.25, -0.2) is 0 Å². The van der Waals surface area contributed by atoms with Crippen LogP contribution in [-0.4, -0.2) is 52.8 Å². The Morgan fingerprint density at radius 2 is 1.89 bits per heavy atom. The molecule has 3 heterocycles. The molecule has 1 N–H and O–H groups in total. The molecule has 1 saturated carbocycles. The minimum atomic E-state index is 0.135. The van der Waals surface area contributed by atoms with Gasteiger partial charge >= 0.3 is 0 Å². The lowest BCUT2D eigenvalue weighted by Crippen LogP contribution is -2.39. The SMILES string of the molecule is O=C(CCC1CN(C(=O)c2ccc3cc[nH]c3c2)CC12CCC2)N1CCCC1. The number of hydrogen-bond donors (Lipinski definition) is 1. The van der Waals surface area contributed by atoms with Crippen LogP contribution in [0.4, 0.5) is 0 Å². The molecule has 2 amide bonds. The third-order valence-electron chi connectivity index (χ3n) is 7.42. The Balaban J connectivity index is 1.27. The smallest absolute Gasteiger partial charge is 0.253 e. The van der Waals surface area contributed by atoms with Crippen molar-refractivity contribution in [3.63, 3.8) is 0 Å². The van der Waals surface area contributed by atoms with Crippen molar-refractivity contribution in [1.29, 1.82) is 0 Å². The summed E-state index contributed by atoms with van der Waals surface area (Å²) in [6, 6.07) is 7.95. The molecule has 5 heteroatoms. The summed E-state index contributed by atoms with van der Waals surface area (Å²) in [5.74, 6) is 0.913. The largest absolute Gasteiger partial charge is 0.361 e. The molecular weight excluding hydrogens is 350 g/mol. The number of nitrogens with one attached hydrogen (secondary N) is 1. The maximum absolute atomic E-state index is 13.2. The summed E-state index contributed by atoms with van der Waals surface area (Å²) in [7, 11) is 0. The Morgan fingerprint density at radius 1 is 1.07 bits per heavy atom. The number of carbonyl (C=O) groups is 2. The van der Waals surface area contributed by atoms with Crippen LogP contribution >= 0.6 is 0 Å². The van der Waals surface area contributed by atoms with Gasteiger partial charge in [-0.1, -0.05) is 12.5 Å². The standard InChI is InChI=1S/C23H29N3O2/c27-21(25-12-1-2-13-25)7-6-19-15-26(16-23(19)9-3-10-23)22(28)18-5-4-17-8-11-24-20(17)14-18/h4-5,8,11,14,19,24H,1-3,6-7,9-10,12-13,15-16H2. The third kappa shape index (κ3) is 3.01. The van der Waals surface area contributed by atoms with Crippen LogP contribution < -0.4 is 0 Å². The van der Waals surface area contributed by atoms with Crippen LogP contribution in [0, 0.1) is 11.3 Å². The first kappa shape index (κ1) is 17.8. The Labute approximate surface area is 166 Å². The van der Waals surface area contributed by atoms with Crippen molar-refractivity contribution in [2.45, 2.75) is 44.9 Å². The molecule has 1 unspecified atom stereocenters. The van der Waals surface area contributed by atoms with E-state index in [4.69, 9.17) is 0 Å². The Morgan fingerprint density at radius 3 is 2.64 bits per heavy atom. The molecule has 2 aromatic rings. The van der Waals surface area contributed by atoms with Gasteiger partial charge in [0.1, 0.15) is 0 Å². The first-order valence-corrected chi connectivity index (χ1v) is 10.8. The first-order valence-electron chi connectivity index (χ1n) is 10.8. The molecule has 3 aliphatic rings. The minimum absolute atomic E-state index is 0.135. The van der Waals surface area contributed by atoms with E-state index in [-0.39, 0.29) is 11.3 Å². The summed E-state index contributed by atoms with van der Waals surface area (Å²) < 4.78 is 0. The molecule has 2 saturated heterocycles. The molecular formula is C23H29N3O2. The quantitative estimate of drug-likeness (QED) is 0.878. The Hall–Kier alpha value is -2.30. The van der Waals surface area contributed by atoms with E-state index >= 15 is 0 Å². The molecule has 1 aromatic heterocycles. The topological polar surface area (TPSA) is 56.4 Å². The van der Waals surface area contributed by atoms with E-state index in [0.29, 0.717) is 18.2 Å². The van der Waals surface area contributed by atoms with Crippen LogP contribution in [0.2, 0.25) is 0 Å². The van der Waals surface area contributed by atoms with Crippen molar-refractivity contribution in [2.75, 3.05) is 26.2 Å². The van der Waals surface area contributed by atoms with E-state index in [1.54, 1.807) is 0 Å². The molecule has 0 bridgehead atoms. The zero-order chi connectivity index (χ0) is 19.1. The first-order chi connectivity index (χ1) is 13.6. The number of benzene rings is 1. The Bertz CT molecular complexity index is 892. The summed E-state index contributed by atoms with van der Waals surface area (Å²) in [5.41, 5.74) is 2.03. The van der Waals surface area contributed by atoms with E-state index < -0.39 is 0 Å². The lowest BCUT2D eigenvalue weighted by atomic mass is 9.62. The molecule has 0 radical (unpaired) electrons. The lowest BCUT2D eigenvalue weighted by Gasteiger charge is -2.43. The van der Waals surface area contributed by atoms with Gasteiger partial charge in [-0.15, -0.1) is 0 Å². The number of likely N-dealkylation sites (tertiary alicyclic amines) is 2. The number of rotatable bonds is 4. The summed E-state index contributed by atoms with van der Waals surface area (Å²) in [6.45, 7) is 3.52. The van der Waals surface area contributed by atoms with E-state index in [9.17, 15) is 9.59 Å². The number of aromatic nitrogens is 1. The fourth-order valence-electron chi connectivity index (χ4n) is 5.57. The van der Waals surface area contributed by atoms with Crippen molar-refractivity contribution >= 4 is 22.7 Å². The highest BCUT2D eigenvalue weighted by atomic mass is 16.2. The van der Waals surface area contributed by atoms with Crippen molar-refractivity contribution in [2.24, 2.45) is 11.3 Å². The fraction of sp³-hybridized carbons (Fsp3) is 0.565. The number of fused-ring (bicyclic) bond motifs is 1. The number of hydrogen-bond acceptors (Lipinski definition) is 2. The maximum atomic E-state index is 13.2. The van der Waals surface area contributed by atoms with Gasteiger partial charge in [0.05, 0.1) is 0 Å². The molecule has 2 aliphatic heterocycles. The average Bonchev–Trinajstić information content (AvgIpc) is 3.43. The molecule has 28 heavy (non-hydrogen) atoms. The summed E-state index contributed by atoms with van der Waals surface area (Å²) >= 11 is 0. The van der Waals surface area contributed by atoms with Crippen LogP contribution in [0.15, 0.2) is 30.5 Å². The second-order valence-electron chi connectivity index (χ2n) is 9.00. The zero-order valence-corrected chi connectivity index (χ0v) is 16.5. The zero-order valence-electron chi connectivity index (χ0n) is 16.5. The van der Waals surface area contributed by atoms with E-state index in [1.165, 1.54) is 19.3 Å². The molecule has 1 aliphatic carbocycles. The molecule has 148 valence electrons. The fourth-order valence-corrected chi connectivity index (χ4v) is 5.57. The normalized spacial score (nSPS) is 23.5. The highest BCUT2D eigenvalue weighted by molar-refractivity contribution is 5.98. The number of carbonyl (C=O) groups excluding carboxylic acids is 2. The Kier molecular flexibility index (Phi) is 4.41. The van der Waals surface area contributed by atoms with Crippen LogP contribution in [-0.2, 0) is 4.79 Å². The highest BCUT2D eigenvalue weighted by Gasteiger charge is 2.51. The summed E-state index contributed by atoms with van der Waals surface area (Å²) in [6.07, 6.45) is 9.43. The average molecular weight is 380 g/mol. The summed E-state index contributed by atoms with van der Waals surface area (Å²) in [4.78, 5) is 32.9. The number of aromatic amines is 1. The number of amides is 2. The van der Waals surface area contributed by atoms with Gasteiger partial charge in [-0.3, -0.25) is 9.59 Å². The monoisotopic (exact) mass is 379 g/mol. The summed E-state index contributed by atoms with van der Waals surface area (Å²) in [5, 5.41) is 1.13. The molecule has 1 aromatic carbocycles. The van der Waals surface area contributed by atoms with Gasteiger partial charge < -0.3 is 14.8 Å². The van der Waals surface area contributed by atoms with Crippen LogP contribution in [0.5, 0.6) is 0 Å². The van der Waals surface area contributed by atoms with Crippen molar-refractivity contribution in [3.05, 3.63) is 36.0 Å². The van der Waals surface area contributed by atoms with Gasteiger partial charge in [-0.05, 0) is 67.0 Å². The van der Waals surface area contributed by atoms with Gasteiger partial charge in [-0.2, -0.15) is 0 Å². The van der Waals surface area contributed by atoms with Crippen LogP contribution in [0.1, 0.15) is 55.3 Å². The van der Waals surface area contributed by atoms with Crippen molar-refractivity contribution < 1.29 is 9.59 Å². The van der Waals surface area contributed by atoms with E-state index in [0.717, 1.165) is 61.9 Å². The van der Waals surface area contributed by atoms with Gasteiger partial charge in [0.25, 0.3) is 5.91 Å². The second-order valence-corrected chi connectivity index (χ2v) is 9.00. The van der Waals surface area contributed by atoms with Crippen molar-refractivity contribution in [1.82, 2.24) is 14.8 Å². The molecule has 3 fully saturated rings. The van der Waals surface area contributed by atoms with Gasteiger partial charge in [0.15, 0.2) is 0 Å². The molecule has 5 nitrogen and oxygen atoms in total. The minimum Gasteiger partial charge on any atom is -0.361 e. The molecule has 5 rings (SSSR count). The third-order valence-corrected chi connectivity index (χ3v) is 7.42. The van der Waals surface area contributed by atoms with E-state index in [2.05, 4.69) is 4.98 Å². The lowest BCUT2D eigenvalue weighted by molar-refractivity contribution is -0.130. The van der Waals surface area contributed by atoms with Gasteiger partial charge in [0.2, 0.25) is 5.91 Å². The molecule has 1 spiro atoms. The van der Waals surface area contributed by atoms with Gasteiger partial charge in [0, 0.05) is 49.9 Å². The second kappa shape index (κ2) is 6.94. The number of nitrogens with zero attached hydrogens (tertiary/aromatic N) is 2. The molecule has 1 atom stereocenters.